The van der Waals surface area contributed by atoms with Gasteiger partial charge in [0.2, 0.25) is 0 Å². The Morgan fingerprint density at radius 2 is 1.40 bits per heavy atom. The fourth-order valence-electron chi connectivity index (χ4n) is 2.79. The first-order valence-electron chi connectivity index (χ1n) is 11.6. The number of methoxy groups -OCH3 is 1. The largest absolute Gasteiger partial charge is 0.468 e. The zero-order valence-electron chi connectivity index (χ0n) is 22.1. The highest BCUT2D eigenvalue weighted by Crippen LogP contribution is 2.33. The molecule has 0 aromatic heterocycles. The number of benzene rings is 1. The second-order valence-electron chi connectivity index (χ2n) is 10.6. The van der Waals surface area contributed by atoms with Gasteiger partial charge in [-0.1, -0.05) is 13.0 Å². The minimum Gasteiger partial charge on any atom is -0.468 e. The molecule has 9 nitrogen and oxygen atoms in total. The summed E-state index contributed by atoms with van der Waals surface area (Å²) in [6, 6.07) is 4.61. The lowest BCUT2D eigenvalue weighted by Gasteiger charge is -2.27. The highest BCUT2D eigenvalue weighted by Gasteiger charge is 2.36. The minimum absolute atomic E-state index is 0.00142. The summed E-state index contributed by atoms with van der Waals surface area (Å²) in [4.78, 5) is 49.2. The summed E-state index contributed by atoms with van der Waals surface area (Å²) in [5.41, 5.74) is 3.82. The van der Waals surface area contributed by atoms with E-state index in [0.717, 1.165) is 0 Å². The average molecular weight is 494 g/mol. The summed E-state index contributed by atoms with van der Waals surface area (Å²) < 4.78 is 21.1. The van der Waals surface area contributed by atoms with Crippen molar-refractivity contribution in [2.75, 3.05) is 13.7 Å². The van der Waals surface area contributed by atoms with Gasteiger partial charge in [-0.15, -0.1) is 0 Å². The SMILES string of the molecule is CCCC(=O)OCC[C@@](N)(Cc1ccc(OC(=O)C(C)(C)C)c(OC(=O)C(C)(C)C)c1)C(=O)OC. The molecular weight excluding hydrogens is 454 g/mol. The van der Waals surface area contributed by atoms with Gasteiger partial charge in [0.25, 0.3) is 0 Å². The summed E-state index contributed by atoms with van der Waals surface area (Å²) in [6.45, 7) is 12.0. The van der Waals surface area contributed by atoms with Gasteiger partial charge < -0.3 is 24.7 Å². The van der Waals surface area contributed by atoms with Crippen molar-refractivity contribution < 1.29 is 38.1 Å². The van der Waals surface area contributed by atoms with E-state index in [1.54, 1.807) is 47.6 Å². The number of hydrogen-bond donors (Lipinski definition) is 1. The molecule has 0 heterocycles. The quantitative estimate of drug-likeness (QED) is 0.382. The molecule has 1 atom stereocenters. The van der Waals surface area contributed by atoms with Crippen LogP contribution in [0.2, 0.25) is 0 Å². The fraction of sp³-hybridized carbons (Fsp3) is 0.615. The Morgan fingerprint density at radius 3 is 1.89 bits per heavy atom. The molecule has 0 saturated carbocycles. The van der Waals surface area contributed by atoms with Gasteiger partial charge in [-0.05, 0) is 65.7 Å². The van der Waals surface area contributed by atoms with Crippen LogP contribution in [-0.4, -0.2) is 43.1 Å². The van der Waals surface area contributed by atoms with Crippen molar-refractivity contribution in [3.05, 3.63) is 23.8 Å². The minimum atomic E-state index is -1.50. The normalized spacial score (nSPS) is 13.4. The van der Waals surface area contributed by atoms with Crippen LogP contribution in [-0.2, 0) is 35.1 Å². The molecule has 196 valence electrons. The molecule has 1 rings (SSSR count). The lowest BCUT2D eigenvalue weighted by atomic mass is 9.88. The number of nitrogens with two attached hydrogens (primary N) is 1. The third-order valence-electron chi connectivity index (χ3n) is 5.02. The van der Waals surface area contributed by atoms with Crippen LogP contribution in [0.3, 0.4) is 0 Å². The third-order valence-corrected chi connectivity index (χ3v) is 5.02. The molecule has 2 N–H and O–H groups in total. The maximum atomic E-state index is 12.6. The molecule has 0 amide bonds. The van der Waals surface area contributed by atoms with Crippen LogP contribution < -0.4 is 15.2 Å². The lowest BCUT2D eigenvalue weighted by molar-refractivity contribution is -0.151. The summed E-state index contributed by atoms with van der Waals surface area (Å²) in [6.07, 6.45) is 0.935. The van der Waals surface area contributed by atoms with E-state index >= 15 is 0 Å². The van der Waals surface area contributed by atoms with E-state index in [4.69, 9.17) is 24.7 Å². The molecule has 0 aliphatic rings. The number of esters is 4. The number of carbonyl (C=O) groups is 4. The number of hydrogen-bond acceptors (Lipinski definition) is 9. The van der Waals surface area contributed by atoms with Gasteiger partial charge in [-0.3, -0.25) is 19.2 Å². The molecule has 9 heteroatoms. The predicted octanol–water partition coefficient (Wildman–Crippen LogP) is 3.74. The van der Waals surface area contributed by atoms with Crippen molar-refractivity contribution >= 4 is 23.9 Å². The Morgan fingerprint density at radius 1 is 0.857 bits per heavy atom. The van der Waals surface area contributed by atoms with Gasteiger partial charge >= 0.3 is 23.9 Å². The van der Waals surface area contributed by atoms with E-state index in [2.05, 4.69) is 0 Å². The first-order valence-corrected chi connectivity index (χ1v) is 11.6. The maximum Gasteiger partial charge on any atom is 0.326 e. The fourth-order valence-corrected chi connectivity index (χ4v) is 2.79. The summed E-state index contributed by atoms with van der Waals surface area (Å²) in [5.74, 6) is -1.99. The molecule has 0 aliphatic heterocycles. The molecule has 0 radical (unpaired) electrons. The zero-order chi connectivity index (χ0) is 27.0. The summed E-state index contributed by atoms with van der Waals surface area (Å²) in [5, 5.41) is 0. The van der Waals surface area contributed by atoms with Crippen molar-refractivity contribution in [3.63, 3.8) is 0 Å². The van der Waals surface area contributed by atoms with Crippen LogP contribution in [0, 0.1) is 10.8 Å². The average Bonchev–Trinajstić information content (AvgIpc) is 2.73. The van der Waals surface area contributed by atoms with E-state index in [-0.39, 0.29) is 43.3 Å². The molecule has 0 bridgehead atoms. The maximum absolute atomic E-state index is 12.6. The standard InChI is InChI=1S/C26H39NO8/c1-9-10-20(28)33-14-13-26(27,23(31)32-8)16-17-11-12-18(34-21(29)24(2,3)4)19(15-17)35-22(30)25(5,6)7/h11-12,15H,9-10,13-14,16,27H2,1-8H3/t26-/m1/s1. The van der Waals surface area contributed by atoms with Gasteiger partial charge in [0.1, 0.15) is 5.54 Å². The molecule has 1 aromatic rings. The van der Waals surface area contributed by atoms with E-state index in [1.165, 1.54) is 19.2 Å². The van der Waals surface area contributed by atoms with Crippen molar-refractivity contribution in [3.8, 4) is 11.5 Å². The highest BCUT2D eigenvalue weighted by atomic mass is 16.6. The van der Waals surface area contributed by atoms with Crippen molar-refractivity contribution in [1.82, 2.24) is 0 Å². The van der Waals surface area contributed by atoms with E-state index in [9.17, 15) is 19.2 Å². The van der Waals surface area contributed by atoms with Gasteiger partial charge in [0.05, 0.1) is 24.5 Å². The molecule has 0 saturated heterocycles. The zero-order valence-corrected chi connectivity index (χ0v) is 22.1. The Hall–Kier alpha value is -2.94. The Labute approximate surface area is 207 Å². The monoisotopic (exact) mass is 493 g/mol. The number of carbonyl (C=O) groups excluding carboxylic acids is 4. The molecule has 0 aliphatic carbocycles. The van der Waals surface area contributed by atoms with Gasteiger partial charge in [-0.2, -0.15) is 0 Å². The molecule has 0 fully saturated rings. The highest BCUT2D eigenvalue weighted by molar-refractivity contribution is 5.82. The second-order valence-corrected chi connectivity index (χ2v) is 10.6. The van der Waals surface area contributed by atoms with Crippen molar-refractivity contribution in [2.24, 2.45) is 16.6 Å². The van der Waals surface area contributed by atoms with E-state index in [1.807, 2.05) is 6.92 Å². The molecule has 1 aromatic carbocycles. The van der Waals surface area contributed by atoms with Gasteiger partial charge in [-0.25, -0.2) is 0 Å². The van der Waals surface area contributed by atoms with Crippen LogP contribution in [0.4, 0.5) is 0 Å². The van der Waals surface area contributed by atoms with Crippen molar-refractivity contribution in [1.29, 1.82) is 0 Å². The van der Waals surface area contributed by atoms with Crippen LogP contribution in [0.15, 0.2) is 18.2 Å². The van der Waals surface area contributed by atoms with Crippen LogP contribution in [0.5, 0.6) is 11.5 Å². The molecule has 0 unspecified atom stereocenters. The summed E-state index contributed by atoms with van der Waals surface area (Å²) >= 11 is 0. The second kappa shape index (κ2) is 12.2. The van der Waals surface area contributed by atoms with Crippen LogP contribution >= 0.6 is 0 Å². The number of rotatable bonds is 10. The van der Waals surface area contributed by atoms with Crippen molar-refractivity contribution in [2.45, 2.75) is 79.7 Å². The Balaban J connectivity index is 3.27. The molecular formula is C26H39NO8. The summed E-state index contributed by atoms with van der Waals surface area (Å²) in [7, 11) is 1.22. The Bertz CT molecular complexity index is 926. The first kappa shape index (κ1) is 30.1. The van der Waals surface area contributed by atoms with E-state index < -0.39 is 34.3 Å². The number of ether oxygens (including phenoxy) is 4. The Kier molecular flexibility index (Phi) is 10.4. The predicted molar refractivity (Wildman–Crippen MR) is 130 cm³/mol. The lowest BCUT2D eigenvalue weighted by Crippen LogP contribution is -2.51. The van der Waals surface area contributed by atoms with Crippen LogP contribution in [0.25, 0.3) is 0 Å². The van der Waals surface area contributed by atoms with Gasteiger partial charge in [0, 0.05) is 19.3 Å². The van der Waals surface area contributed by atoms with Gasteiger partial charge in [0.15, 0.2) is 11.5 Å². The molecule has 35 heavy (non-hydrogen) atoms. The van der Waals surface area contributed by atoms with E-state index in [0.29, 0.717) is 12.0 Å². The topological polar surface area (TPSA) is 131 Å². The third kappa shape index (κ3) is 9.32. The van der Waals surface area contributed by atoms with Crippen LogP contribution in [0.1, 0.15) is 73.3 Å². The first-order chi connectivity index (χ1) is 16.0. The molecule has 0 spiro atoms. The smallest absolute Gasteiger partial charge is 0.326 e.